The van der Waals surface area contributed by atoms with Gasteiger partial charge in [-0.2, -0.15) is 0 Å². The Hall–Kier alpha value is -2.44. The Balaban J connectivity index is 1.10. The lowest BCUT2D eigenvalue weighted by Gasteiger charge is -2.29. The zero-order valence-electron chi connectivity index (χ0n) is 20.8. The third-order valence-electron chi connectivity index (χ3n) is 7.87. The van der Waals surface area contributed by atoms with Crippen molar-refractivity contribution in [2.24, 2.45) is 0 Å². The summed E-state index contributed by atoms with van der Waals surface area (Å²) in [5.41, 5.74) is 5.96. The molecule has 6 nitrogen and oxygen atoms in total. The summed E-state index contributed by atoms with van der Waals surface area (Å²) in [6.07, 6.45) is 11.3. The minimum absolute atomic E-state index is 0.109. The molecule has 2 saturated heterocycles. The molecule has 1 N–H and O–H groups in total. The van der Waals surface area contributed by atoms with Crippen LogP contribution in [0.3, 0.4) is 0 Å². The first-order valence-corrected chi connectivity index (χ1v) is 13.6. The van der Waals surface area contributed by atoms with E-state index >= 15 is 0 Å². The van der Waals surface area contributed by atoms with Crippen LogP contribution >= 0.6 is 0 Å². The summed E-state index contributed by atoms with van der Waals surface area (Å²) in [5, 5.41) is 10.2. The van der Waals surface area contributed by atoms with Crippen LogP contribution in [0.2, 0.25) is 0 Å². The monoisotopic (exact) mass is 477 g/mol. The molecule has 3 heterocycles. The average Bonchev–Trinajstić information content (AvgIpc) is 3.57. The summed E-state index contributed by atoms with van der Waals surface area (Å²) >= 11 is 0. The van der Waals surface area contributed by atoms with E-state index in [-0.39, 0.29) is 6.10 Å². The number of likely N-dealkylation sites (tertiary alicyclic amines) is 1. The minimum atomic E-state index is -0.769. The number of rotatable bonds is 10. The van der Waals surface area contributed by atoms with Gasteiger partial charge in [0.1, 0.15) is 6.04 Å². The number of hydrogen-bond donors (Lipinski definition) is 1. The van der Waals surface area contributed by atoms with Gasteiger partial charge in [0.15, 0.2) is 0 Å². The summed E-state index contributed by atoms with van der Waals surface area (Å²) in [7, 11) is 0. The van der Waals surface area contributed by atoms with Crippen LogP contribution in [0.4, 0.5) is 5.69 Å². The number of para-hydroxylation sites is 1. The van der Waals surface area contributed by atoms with Gasteiger partial charge in [-0.25, -0.2) is 0 Å². The minimum Gasteiger partial charge on any atom is -0.480 e. The van der Waals surface area contributed by atoms with Gasteiger partial charge in [-0.3, -0.25) is 14.7 Å². The molecule has 6 heteroatoms. The molecule has 188 valence electrons. The second-order valence-electron chi connectivity index (χ2n) is 10.3. The van der Waals surface area contributed by atoms with Gasteiger partial charge in [0.25, 0.3) is 0 Å². The van der Waals surface area contributed by atoms with Crippen LogP contribution in [0.15, 0.2) is 36.4 Å². The fourth-order valence-electron chi connectivity index (χ4n) is 6.00. The highest BCUT2D eigenvalue weighted by atomic mass is 16.5. The van der Waals surface area contributed by atoms with E-state index in [4.69, 9.17) is 9.72 Å². The third-order valence-corrected chi connectivity index (χ3v) is 7.87. The van der Waals surface area contributed by atoms with Crippen LogP contribution in [0, 0.1) is 0 Å². The highest BCUT2D eigenvalue weighted by Crippen LogP contribution is 2.34. The molecule has 0 amide bonds. The quantitative estimate of drug-likeness (QED) is 0.496. The number of unbranched alkanes of at least 4 members (excludes halogenated alkanes) is 1. The molecule has 2 fully saturated rings. The second kappa shape index (κ2) is 11.5. The Bertz CT molecular complexity index is 1000. The zero-order valence-corrected chi connectivity index (χ0v) is 20.8. The number of aromatic nitrogens is 1. The van der Waals surface area contributed by atoms with Gasteiger partial charge in [0, 0.05) is 55.4 Å². The van der Waals surface area contributed by atoms with E-state index in [1.165, 1.54) is 49.1 Å². The molecule has 0 spiro atoms. The molecule has 1 aromatic heterocycles. The summed E-state index contributed by atoms with van der Waals surface area (Å²) in [6.45, 7) is 4.18. The van der Waals surface area contributed by atoms with Crippen LogP contribution in [0.5, 0.6) is 0 Å². The summed E-state index contributed by atoms with van der Waals surface area (Å²) in [6, 6.07) is 11.9. The number of carbonyl (C=O) groups is 1. The Morgan fingerprint density at radius 3 is 2.71 bits per heavy atom. The first kappa shape index (κ1) is 24.3. The van der Waals surface area contributed by atoms with Gasteiger partial charge < -0.3 is 14.7 Å². The number of hydrogen-bond acceptors (Lipinski definition) is 5. The van der Waals surface area contributed by atoms with Crippen molar-refractivity contribution in [3.63, 3.8) is 0 Å². The van der Waals surface area contributed by atoms with Crippen molar-refractivity contribution in [3.05, 3.63) is 58.9 Å². The molecule has 1 aromatic carbocycles. The third kappa shape index (κ3) is 5.87. The first-order chi connectivity index (χ1) is 17.2. The van der Waals surface area contributed by atoms with Crippen molar-refractivity contribution in [2.75, 3.05) is 37.7 Å². The maximum atomic E-state index is 12.4. The summed E-state index contributed by atoms with van der Waals surface area (Å²) < 4.78 is 6.19. The smallest absolute Gasteiger partial charge is 0.325 e. The van der Waals surface area contributed by atoms with E-state index in [9.17, 15) is 9.90 Å². The van der Waals surface area contributed by atoms with Gasteiger partial charge in [-0.1, -0.05) is 24.3 Å². The predicted octanol–water partition coefficient (Wildman–Crippen LogP) is 4.80. The molecule has 0 unspecified atom stereocenters. The SMILES string of the molecule is O=C(O)[C@H](c1ccccc1N1CCCC1)N1CC[C@@H](OCCCCc2ccc3c(n2)CCCC3)C1. The Labute approximate surface area is 209 Å². The van der Waals surface area contributed by atoms with Crippen LogP contribution in [-0.2, 0) is 28.8 Å². The Kier molecular flexibility index (Phi) is 7.99. The number of fused-ring (bicyclic) bond motifs is 1. The molecule has 35 heavy (non-hydrogen) atoms. The van der Waals surface area contributed by atoms with Gasteiger partial charge in [-0.05, 0) is 81.9 Å². The van der Waals surface area contributed by atoms with Crippen molar-refractivity contribution in [1.29, 1.82) is 0 Å². The van der Waals surface area contributed by atoms with Gasteiger partial charge in [-0.15, -0.1) is 0 Å². The highest BCUT2D eigenvalue weighted by Gasteiger charge is 2.36. The highest BCUT2D eigenvalue weighted by molar-refractivity contribution is 5.79. The number of aryl methyl sites for hydroxylation is 3. The molecule has 5 rings (SSSR count). The average molecular weight is 478 g/mol. The maximum Gasteiger partial charge on any atom is 0.325 e. The Morgan fingerprint density at radius 1 is 1.03 bits per heavy atom. The number of carboxylic acid groups (broad SMARTS) is 1. The van der Waals surface area contributed by atoms with Crippen LogP contribution in [0.1, 0.15) is 73.5 Å². The lowest BCUT2D eigenvalue weighted by Crippen LogP contribution is -2.35. The molecule has 0 radical (unpaired) electrons. The number of nitrogens with zero attached hydrogens (tertiary/aromatic N) is 3. The first-order valence-electron chi connectivity index (χ1n) is 13.6. The molecule has 2 atom stereocenters. The van der Waals surface area contributed by atoms with E-state index in [0.29, 0.717) is 6.54 Å². The zero-order chi connectivity index (χ0) is 24.0. The molecule has 2 aliphatic heterocycles. The van der Waals surface area contributed by atoms with Crippen molar-refractivity contribution in [3.8, 4) is 0 Å². The number of pyridine rings is 1. The molecule has 2 aromatic rings. The van der Waals surface area contributed by atoms with E-state index in [1.807, 2.05) is 18.2 Å². The number of anilines is 1. The number of carboxylic acids is 1. The number of benzene rings is 1. The van der Waals surface area contributed by atoms with E-state index in [2.05, 4.69) is 28.0 Å². The van der Waals surface area contributed by atoms with E-state index < -0.39 is 12.0 Å². The number of aliphatic carboxylic acids is 1. The van der Waals surface area contributed by atoms with Gasteiger partial charge in [0.05, 0.1) is 6.10 Å². The van der Waals surface area contributed by atoms with Crippen molar-refractivity contribution in [1.82, 2.24) is 9.88 Å². The van der Waals surface area contributed by atoms with Crippen LogP contribution in [0.25, 0.3) is 0 Å². The normalized spacial score (nSPS) is 21.3. The lowest BCUT2D eigenvalue weighted by molar-refractivity contribution is -0.143. The van der Waals surface area contributed by atoms with Crippen LogP contribution in [-0.4, -0.2) is 59.8 Å². The fraction of sp³-hybridized carbons (Fsp3) is 0.586. The second-order valence-corrected chi connectivity index (χ2v) is 10.3. The van der Waals surface area contributed by atoms with Crippen molar-refractivity contribution in [2.45, 2.75) is 76.4 Å². The van der Waals surface area contributed by atoms with E-state index in [1.54, 1.807) is 0 Å². The predicted molar refractivity (Wildman–Crippen MR) is 138 cm³/mol. The van der Waals surface area contributed by atoms with Gasteiger partial charge in [0.2, 0.25) is 0 Å². The largest absolute Gasteiger partial charge is 0.480 e. The molecule has 1 aliphatic carbocycles. The summed E-state index contributed by atoms with van der Waals surface area (Å²) in [5.74, 6) is -0.769. The summed E-state index contributed by atoms with van der Waals surface area (Å²) in [4.78, 5) is 21.7. The molecule has 3 aliphatic rings. The molecule has 0 saturated carbocycles. The fourth-order valence-corrected chi connectivity index (χ4v) is 6.00. The Morgan fingerprint density at radius 2 is 1.86 bits per heavy atom. The van der Waals surface area contributed by atoms with Gasteiger partial charge >= 0.3 is 5.97 Å². The molecule has 0 bridgehead atoms. The standard InChI is InChI=1S/C29H39N3O3/c33-29(34)28(25-11-2-4-13-27(25)31-17-6-7-18-31)32-19-16-24(21-32)35-20-8-5-10-23-15-14-22-9-1-3-12-26(22)30-23/h2,4,11,13-15,24,28H,1,3,5-10,12,16-21H2,(H,33,34)/t24-,28+/m1/s1. The topological polar surface area (TPSA) is 65.9 Å². The lowest BCUT2D eigenvalue weighted by atomic mass is 9.95. The molecular formula is C29H39N3O3. The molecular weight excluding hydrogens is 438 g/mol. The number of ether oxygens (including phenoxy) is 1. The van der Waals surface area contributed by atoms with E-state index in [0.717, 1.165) is 69.6 Å². The maximum absolute atomic E-state index is 12.4. The van der Waals surface area contributed by atoms with Crippen molar-refractivity contribution < 1.29 is 14.6 Å². The van der Waals surface area contributed by atoms with Crippen LogP contribution < -0.4 is 4.90 Å². The van der Waals surface area contributed by atoms with Crippen molar-refractivity contribution >= 4 is 11.7 Å².